The lowest BCUT2D eigenvalue weighted by Crippen LogP contribution is -2.46. The lowest BCUT2D eigenvalue weighted by molar-refractivity contribution is 0.219. The van der Waals surface area contributed by atoms with Gasteiger partial charge in [-0.1, -0.05) is 35.0 Å². The maximum atomic E-state index is 5.53. The third-order valence-corrected chi connectivity index (χ3v) is 4.49. The smallest absolute Gasteiger partial charge is 0.225 e. The first-order chi connectivity index (χ1) is 12.3. The van der Waals surface area contributed by atoms with Crippen molar-refractivity contribution in [3.05, 3.63) is 60.1 Å². The highest BCUT2D eigenvalue weighted by atomic mass is 16.5. The van der Waals surface area contributed by atoms with Gasteiger partial charge in [-0.3, -0.25) is 4.90 Å². The van der Waals surface area contributed by atoms with Crippen molar-refractivity contribution in [2.75, 3.05) is 31.1 Å². The molecule has 1 aliphatic heterocycles. The van der Waals surface area contributed by atoms with E-state index in [4.69, 9.17) is 4.52 Å². The molecule has 0 unspecified atom stereocenters. The second kappa shape index (κ2) is 7.03. The molecule has 1 aromatic carbocycles. The fourth-order valence-corrected chi connectivity index (χ4v) is 3.03. The van der Waals surface area contributed by atoms with Gasteiger partial charge in [0.05, 0.1) is 6.54 Å². The van der Waals surface area contributed by atoms with Gasteiger partial charge in [0, 0.05) is 50.2 Å². The highest BCUT2D eigenvalue weighted by Gasteiger charge is 2.20. The molecule has 0 radical (unpaired) electrons. The van der Waals surface area contributed by atoms with E-state index in [0.29, 0.717) is 0 Å². The lowest BCUT2D eigenvalue weighted by Gasteiger charge is -2.33. The van der Waals surface area contributed by atoms with E-state index in [1.54, 1.807) is 12.4 Å². The van der Waals surface area contributed by atoms with E-state index < -0.39 is 0 Å². The van der Waals surface area contributed by atoms with Crippen molar-refractivity contribution in [1.82, 2.24) is 20.0 Å². The Balaban J connectivity index is 1.35. The number of rotatable bonds is 4. The molecule has 25 heavy (non-hydrogen) atoms. The molecular weight excluding hydrogens is 314 g/mol. The van der Waals surface area contributed by atoms with Gasteiger partial charge in [0.25, 0.3) is 0 Å². The predicted molar refractivity (Wildman–Crippen MR) is 96.2 cm³/mol. The number of aryl methyl sites for hydroxylation is 1. The third kappa shape index (κ3) is 3.69. The molecule has 128 valence electrons. The average molecular weight is 335 g/mol. The monoisotopic (exact) mass is 335 g/mol. The van der Waals surface area contributed by atoms with E-state index >= 15 is 0 Å². The first-order valence-electron chi connectivity index (χ1n) is 8.55. The minimum Gasteiger partial charge on any atom is -0.359 e. The molecule has 1 aliphatic rings. The van der Waals surface area contributed by atoms with Gasteiger partial charge in [-0.15, -0.1) is 0 Å². The van der Waals surface area contributed by atoms with E-state index in [1.807, 2.05) is 12.1 Å². The first kappa shape index (κ1) is 15.8. The van der Waals surface area contributed by atoms with Crippen LogP contribution in [0.2, 0.25) is 0 Å². The normalized spacial score (nSPS) is 15.5. The summed E-state index contributed by atoms with van der Waals surface area (Å²) in [5.41, 5.74) is 3.23. The quantitative estimate of drug-likeness (QED) is 0.731. The minimum atomic E-state index is 0.780. The van der Waals surface area contributed by atoms with Crippen LogP contribution in [0.15, 0.2) is 53.3 Å². The van der Waals surface area contributed by atoms with Crippen LogP contribution in [0.1, 0.15) is 11.3 Å². The maximum Gasteiger partial charge on any atom is 0.225 e. The highest BCUT2D eigenvalue weighted by Crippen LogP contribution is 2.21. The summed E-state index contributed by atoms with van der Waals surface area (Å²) in [6.07, 6.45) is 3.58. The van der Waals surface area contributed by atoms with E-state index in [0.717, 1.165) is 55.7 Å². The summed E-state index contributed by atoms with van der Waals surface area (Å²) in [4.78, 5) is 13.2. The zero-order chi connectivity index (χ0) is 17.1. The topological polar surface area (TPSA) is 58.3 Å². The Morgan fingerprint density at radius 3 is 2.44 bits per heavy atom. The van der Waals surface area contributed by atoms with Crippen molar-refractivity contribution >= 4 is 5.95 Å². The van der Waals surface area contributed by atoms with Crippen LogP contribution in [0, 0.1) is 6.92 Å². The fraction of sp³-hybridized carbons (Fsp3) is 0.316. The van der Waals surface area contributed by atoms with Gasteiger partial charge in [0.2, 0.25) is 5.95 Å². The van der Waals surface area contributed by atoms with Gasteiger partial charge in [0.15, 0.2) is 5.76 Å². The van der Waals surface area contributed by atoms with Gasteiger partial charge in [-0.2, -0.15) is 0 Å². The van der Waals surface area contributed by atoms with Gasteiger partial charge in [-0.25, -0.2) is 9.97 Å². The predicted octanol–water partition coefficient (Wildman–Crippen LogP) is 2.76. The van der Waals surface area contributed by atoms with Crippen LogP contribution in [-0.2, 0) is 6.54 Å². The van der Waals surface area contributed by atoms with Gasteiger partial charge < -0.3 is 9.42 Å². The second-order valence-electron chi connectivity index (χ2n) is 6.36. The second-order valence-corrected chi connectivity index (χ2v) is 6.36. The van der Waals surface area contributed by atoms with Crippen molar-refractivity contribution in [3.8, 4) is 11.3 Å². The Labute approximate surface area is 147 Å². The molecule has 0 atom stereocenters. The van der Waals surface area contributed by atoms with E-state index in [1.165, 1.54) is 5.56 Å². The summed E-state index contributed by atoms with van der Waals surface area (Å²) in [7, 11) is 0. The molecule has 0 bridgehead atoms. The Morgan fingerprint density at radius 1 is 1.00 bits per heavy atom. The summed E-state index contributed by atoms with van der Waals surface area (Å²) in [5.74, 6) is 1.71. The van der Waals surface area contributed by atoms with Crippen molar-refractivity contribution in [1.29, 1.82) is 0 Å². The van der Waals surface area contributed by atoms with Crippen molar-refractivity contribution in [3.63, 3.8) is 0 Å². The number of piperazine rings is 1. The molecule has 1 fully saturated rings. The number of anilines is 1. The van der Waals surface area contributed by atoms with Crippen molar-refractivity contribution < 1.29 is 4.52 Å². The van der Waals surface area contributed by atoms with Crippen LogP contribution in [0.4, 0.5) is 5.95 Å². The molecule has 6 nitrogen and oxygen atoms in total. The molecule has 2 aromatic heterocycles. The zero-order valence-electron chi connectivity index (χ0n) is 14.3. The van der Waals surface area contributed by atoms with Crippen LogP contribution in [0.5, 0.6) is 0 Å². The summed E-state index contributed by atoms with van der Waals surface area (Å²) >= 11 is 0. The maximum absolute atomic E-state index is 5.53. The molecule has 6 heteroatoms. The number of benzene rings is 1. The van der Waals surface area contributed by atoms with Crippen molar-refractivity contribution in [2.24, 2.45) is 0 Å². The minimum absolute atomic E-state index is 0.780. The van der Waals surface area contributed by atoms with Crippen LogP contribution in [-0.4, -0.2) is 46.2 Å². The Bertz CT molecular complexity index is 807. The van der Waals surface area contributed by atoms with Crippen molar-refractivity contribution in [2.45, 2.75) is 13.5 Å². The SMILES string of the molecule is Cc1ccc(-c2cc(CN3CCN(c4ncccn4)CC3)on2)cc1. The zero-order valence-corrected chi connectivity index (χ0v) is 14.3. The number of aromatic nitrogens is 3. The first-order valence-corrected chi connectivity index (χ1v) is 8.55. The molecule has 1 saturated heterocycles. The average Bonchev–Trinajstić information content (AvgIpc) is 3.12. The molecule has 4 rings (SSSR count). The van der Waals surface area contributed by atoms with Crippen LogP contribution >= 0.6 is 0 Å². The summed E-state index contributed by atoms with van der Waals surface area (Å²) in [5, 5.41) is 4.21. The number of hydrogen-bond donors (Lipinski definition) is 0. The van der Waals surface area contributed by atoms with Crippen LogP contribution < -0.4 is 4.90 Å². The Kier molecular flexibility index (Phi) is 4.43. The molecule has 0 saturated carbocycles. The number of hydrogen-bond acceptors (Lipinski definition) is 6. The Morgan fingerprint density at radius 2 is 1.72 bits per heavy atom. The summed E-state index contributed by atoms with van der Waals surface area (Å²) in [6.45, 7) is 6.62. The highest BCUT2D eigenvalue weighted by molar-refractivity contribution is 5.59. The molecule has 0 amide bonds. The van der Waals surface area contributed by atoms with E-state index in [-0.39, 0.29) is 0 Å². The fourth-order valence-electron chi connectivity index (χ4n) is 3.03. The standard InChI is InChI=1S/C19H21N5O/c1-15-3-5-16(6-4-15)18-13-17(25-22-18)14-23-9-11-24(12-10-23)19-20-7-2-8-21-19/h2-8,13H,9-12,14H2,1H3. The van der Waals surface area contributed by atoms with Gasteiger partial charge in [-0.05, 0) is 13.0 Å². The Hall–Kier alpha value is -2.73. The summed E-state index contributed by atoms with van der Waals surface area (Å²) < 4.78 is 5.53. The van der Waals surface area contributed by atoms with Crippen LogP contribution in [0.3, 0.4) is 0 Å². The third-order valence-electron chi connectivity index (χ3n) is 4.49. The van der Waals surface area contributed by atoms with E-state index in [9.17, 15) is 0 Å². The molecule has 0 spiro atoms. The molecule has 0 N–H and O–H groups in total. The van der Waals surface area contributed by atoms with Gasteiger partial charge >= 0.3 is 0 Å². The number of nitrogens with zero attached hydrogens (tertiary/aromatic N) is 5. The van der Waals surface area contributed by atoms with Gasteiger partial charge in [0.1, 0.15) is 5.69 Å². The molecular formula is C19H21N5O. The molecule has 0 aliphatic carbocycles. The summed E-state index contributed by atoms with van der Waals surface area (Å²) in [6, 6.07) is 12.2. The van der Waals surface area contributed by atoms with E-state index in [2.05, 4.69) is 56.1 Å². The lowest BCUT2D eigenvalue weighted by atomic mass is 10.1. The molecule has 3 aromatic rings. The van der Waals surface area contributed by atoms with Crippen LogP contribution in [0.25, 0.3) is 11.3 Å². The molecule has 3 heterocycles. The largest absolute Gasteiger partial charge is 0.359 e.